The monoisotopic (exact) mass is 362 g/mol. The number of ether oxygens (including phenoxy) is 1. The second kappa shape index (κ2) is 9.19. The molecule has 3 aromatic carbocycles. The lowest BCUT2D eigenvalue weighted by atomic mass is 10.1. The van der Waals surface area contributed by atoms with Crippen LogP contribution in [0.5, 0.6) is 5.75 Å². The number of hydrogen-bond donors (Lipinski definition) is 1. The van der Waals surface area contributed by atoms with E-state index in [0.717, 1.165) is 22.9 Å². The summed E-state index contributed by atoms with van der Waals surface area (Å²) >= 11 is 0. The van der Waals surface area contributed by atoms with E-state index in [4.69, 9.17) is 4.74 Å². The minimum absolute atomic E-state index is 0.0134. The van der Waals surface area contributed by atoms with Crippen molar-refractivity contribution in [2.24, 2.45) is 0 Å². The smallest absolute Gasteiger partial charge is 0.257 e. The predicted molar refractivity (Wildman–Crippen MR) is 110 cm³/mol. The molecule has 0 aliphatic heterocycles. The van der Waals surface area contributed by atoms with E-state index < -0.39 is 0 Å². The number of rotatable bonds is 8. The summed E-state index contributed by atoms with van der Waals surface area (Å²) in [5.41, 5.74) is 1.26. The maximum atomic E-state index is 12.3. The SMILES string of the molecule is CN(C)[C@H](CNC(=O)COc1cccc2ccccc12)Cc1ccccc1. The van der Waals surface area contributed by atoms with Crippen molar-refractivity contribution in [1.29, 1.82) is 0 Å². The van der Waals surface area contributed by atoms with Gasteiger partial charge >= 0.3 is 0 Å². The van der Waals surface area contributed by atoms with Gasteiger partial charge in [0.2, 0.25) is 0 Å². The van der Waals surface area contributed by atoms with Gasteiger partial charge in [-0.05, 0) is 37.5 Å². The Morgan fingerprint density at radius 1 is 0.963 bits per heavy atom. The first-order valence-electron chi connectivity index (χ1n) is 9.21. The molecule has 4 nitrogen and oxygen atoms in total. The molecule has 0 aliphatic rings. The standard InChI is InChI=1S/C23H26N2O2/c1-25(2)20(15-18-9-4-3-5-10-18)16-24-23(26)17-27-22-14-8-12-19-11-6-7-13-21(19)22/h3-14,20H,15-17H2,1-2H3,(H,24,26)/t20-/m0/s1. The average molecular weight is 362 g/mol. The summed E-state index contributed by atoms with van der Waals surface area (Å²) in [5, 5.41) is 5.12. The fourth-order valence-corrected chi connectivity index (χ4v) is 3.07. The van der Waals surface area contributed by atoms with Crippen LogP contribution in [0.15, 0.2) is 72.8 Å². The number of likely N-dealkylation sites (N-methyl/N-ethyl adjacent to an activating group) is 1. The van der Waals surface area contributed by atoms with Crippen LogP contribution in [0.2, 0.25) is 0 Å². The Bertz CT molecular complexity index is 872. The molecule has 0 bridgehead atoms. The van der Waals surface area contributed by atoms with Crippen LogP contribution in [-0.4, -0.2) is 44.1 Å². The molecule has 0 radical (unpaired) electrons. The molecule has 0 saturated carbocycles. The minimum atomic E-state index is -0.108. The van der Waals surface area contributed by atoms with Crippen LogP contribution >= 0.6 is 0 Å². The van der Waals surface area contributed by atoms with Gasteiger partial charge in [-0.15, -0.1) is 0 Å². The molecular weight excluding hydrogens is 336 g/mol. The summed E-state index contributed by atoms with van der Waals surface area (Å²) in [6.07, 6.45) is 0.887. The molecule has 3 rings (SSSR count). The highest BCUT2D eigenvalue weighted by atomic mass is 16.5. The third kappa shape index (κ3) is 5.31. The quantitative estimate of drug-likeness (QED) is 0.667. The van der Waals surface area contributed by atoms with Gasteiger partial charge in [0.1, 0.15) is 5.75 Å². The first-order valence-corrected chi connectivity index (χ1v) is 9.21. The zero-order chi connectivity index (χ0) is 19.1. The Balaban J connectivity index is 1.53. The van der Waals surface area contributed by atoms with Crippen LogP contribution in [0.4, 0.5) is 0 Å². The van der Waals surface area contributed by atoms with E-state index in [1.807, 2.05) is 74.8 Å². The lowest BCUT2D eigenvalue weighted by Crippen LogP contribution is -2.42. The molecule has 0 fully saturated rings. The van der Waals surface area contributed by atoms with E-state index in [-0.39, 0.29) is 18.6 Å². The number of hydrogen-bond acceptors (Lipinski definition) is 3. The molecular formula is C23H26N2O2. The van der Waals surface area contributed by atoms with Crippen LogP contribution in [0.1, 0.15) is 5.56 Å². The Morgan fingerprint density at radius 3 is 2.44 bits per heavy atom. The van der Waals surface area contributed by atoms with E-state index in [1.54, 1.807) is 0 Å². The van der Waals surface area contributed by atoms with Crippen LogP contribution in [-0.2, 0) is 11.2 Å². The lowest BCUT2D eigenvalue weighted by molar-refractivity contribution is -0.123. The summed E-state index contributed by atoms with van der Waals surface area (Å²) in [4.78, 5) is 14.4. The third-order valence-corrected chi connectivity index (χ3v) is 4.69. The molecule has 1 N–H and O–H groups in total. The van der Waals surface area contributed by atoms with Crippen molar-refractivity contribution in [3.05, 3.63) is 78.4 Å². The number of nitrogens with one attached hydrogen (secondary N) is 1. The molecule has 0 spiro atoms. The molecule has 1 atom stereocenters. The minimum Gasteiger partial charge on any atom is -0.483 e. The predicted octanol–water partition coefficient (Wildman–Crippen LogP) is 3.51. The molecule has 0 aromatic heterocycles. The number of amides is 1. The Kier molecular flexibility index (Phi) is 6.44. The number of carbonyl (C=O) groups excluding carboxylic acids is 1. The fraction of sp³-hybridized carbons (Fsp3) is 0.261. The van der Waals surface area contributed by atoms with Gasteiger partial charge in [0.15, 0.2) is 6.61 Å². The van der Waals surface area contributed by atoms with E-state index >= 15 is 0 Å². The van der Waals surface area contributed by atoms with Gasteiger partial charge in [-0.2, -0.15) is 0 Å². The van der Waals surface area contributed by atoms with Crippen LogP contribution in [0.25, 0.3) is 10.8 Å². The van der Waals surface area contributed by atoms with Crippen molar-refractivity contribution in [2.75, 3.05) is 27.2 Å². The number of carbonyl (C=O) groups is 1. The highest BCUT2D eigenvalue weighted by Crippen LogP contribution is 2.24. The second-order valence-electron chi connectivity index (χ2n) is 6.88. The molecule has 0 unspecified atom stereocenters. The first kappa shape index (κ1) is 18.9. The van der Waals surface area contributed by atoms with Gasteiger partial charge in [0.25, 0.3) is 5.91 Å². The summed E-state index contributed by atoms with van der Waals surface area (Å²) in [5.74, 6) is 0.625. The maximum absolute atomic E-state index is 12.3. The van der Waals surface area contributed by atoms with Crippen molar-refractivity contribution in [2.45, 2.75) is 12.5 Å². The van der Waals surface area contributed by atoms with Crippen LogP contribution in [0, 0.1) is 0 Å². The second-order valence-corrected chi connectivity index (χ2v) is 6.88. The van der Waals surface area contributed by atoms with Gasteiger partial charge in [-0.1, -0.05) is 66.7 Å². The Hall–Kier alpha value is -2.85. The third-order valence-electron chi connectivity index (χ3n) is 4.69. The Labute approximate surface area is 160 Å². The normalized spacial score (nSPS) is 12.1. The fourth-order valence-electron chi connectivity index (χ4n) is 3.07. The summed E-state index contributed by atoms with van der Waals surface area (Å²) < 4.78 is 5.77. The lowest BCUT2D eigenvalue weighted by Gasteiger charge is -2.24. The molecule has 0 aliphatic carbocycles. The van der Waals surface area contributed by atoms with Crippen molar-refractivity contribution in [3.63, 3.8) is 0 Å². The molecule has 140 valence electrons. The average Bonchev–Trinajstić information content (AvgIpc) is 2.70. The summed E-state index contributed by atoms with van der Waals surface area (Å²) in [6.45, 7) is 0.596. The number of fused-ring (bicyclic) bond motifs is 1. The van der Waals surface area contributed by atoms with Gasteiger partial charge < -0.3 is 15.0 Å². The summed E-state index contributed by atoms with van der Waals surface area (Å²) in [7, 11) is 4.07. The van der Waals surface area contributed by atoms with E-state index in [2.05, 4.69) is 22.3 Å². The number of benzene rings is 3. The van der Waals surface area contributed by atoms with Gasteiger partial charge in [-0.25, -0.2) is 0 Å². The molecule has 1 amide bonds. The van der Waals surface area contributed by atoms with Gasteiger partial charge in [0.05, 0.1) is 0 Å². The molecule has 0 saturated heterocycles. The van der Waals surface area contributed by atoms with Crippen molar-refractivity contribution in [1.82, 2.24) is 10.2 Å². The number of nitrogens with zero attached hydrogens (tertiary/aromatic N) is 1. The largest absolute Gasteiger partial charge is 0.483 e. The van der Waals surface area contributed by atoms with Crippen LogP contribution in [0.3, 0.4) is 0 Å². The molecule has 27 heavy (non-hydrogen) atoms. The van der Waals surface area contributed by atoms with Gasteiger partial charge in [0, 0.05) is 18.0 Å². The summed E-state index contributed by atoms with van der Waals surface area (Å²) in [6, 6.07) is 24.4. The molecule has 0 heterocycles. The van der Waals surface area contributed by atoms with Crippen LogP contribution < -0.4 is 10.1 Å². The van der Waals surface area contributed by atoms with Crippen molar-refractivity contribution in [3.8, 4) is 5.75 Å². The highest BCUT2D eigenvalue weighted by molar-refractivity contribution is 5.88. The molecule has 4 heteroatoms. The van der Waals surface area contributed by atoms with E-state index in [9.17, 15) is 4.79 Å². The molecule has 3 aromatic rings. The zero-order valence-corrected chi connectivity index (χ0v) is 15.9. The topological polar surface area (TPSA) is 41.6 Å². The van der Waals surface area contributed by atoms with Crippen molar-refractivity contribution >= 4 is 16.7 Å². The Morgan fingerprint density at radius 2 is 1.67 bits per heavy atom. The van der Waals surface area contributed by atoms with Crippen molar-refractivity contribution < 1.29 is 9.53 Å². The highest BCUT2D eigenvalue weighted by Gasteiger charge is 2.14. The zero-order valence-electron chi connectivity index (χ0n) is 15.9. The van der Waals surface area contributed by atoms with E-state index in [0.29, 0.717) is 6.54 Å². The maximum Gasteiger partial charge on any atom is 0.257 e. The van der Waals surface area contributed by atoms with Gasteiger partial charge in [-0.3, -0.25) is 4.79 Å². The first-order chi connectivity index (χ1) is 13.1. The van der Waals surface area contributed by atoms with E-state index in [1.165, 1.54) is 5.56 Å².